The number of hydrogen-bond donors (Lipinski definition) is 2. The van der Waals surface area contributed by atoms with Crippen LogP contribution < -0.4 is 15.8 Å². The Morgan fingerprint density at radius 3 is 2.53 bits per heavy atom. The number of ether oxygens (including phenoxy) is 4. The third-order valence-electron chi connectivity index (χ3n) is 7.65. The first-order valence-corrected chi connectivity index (χ1v) is 15.3. The number of amides is 2. The van der Waals surface area contributed by atoms with E-state index in [0.29, 0.717) is 47.3 Å². The van der Waals surface area contributed by atoms with Crippen molar-refractivity contribution >= 4 is 40.6 Å². The molecule has 0 saturated carbocycles. The lowest BCUT2D eigenvalue weighted by atomic mass is 10.1. The van der Waals surface area contributed by atoms with Crippen LogP contribution in [0, 0.1) is 18.7 Å². The summed E-state index contributed by atoms with van der Waals surface area (Å²) in [5, 5.41) is 7.31. The summed E-state index contributed by atoms with van der Waals surface area (Å²) >= 11 is 1.93. The maximum atomic E-state index is 14.1. The van der Waals surface area contributed by atoms with Gasteiger partial charge in [-0.1, -0.05) is 13.8 Å². The monoisotopic (exact) mass is 616 g/mol. The molecule has 3 saturated heterocycles. The number of nitrogens with two attached hydrogens (primary N) is 1. The Morgan fingerprint density at radius 1 is 1.16 bits per heavy atom. The fraction of sp³-hybridized carbons (Fsp3) is 0.517. The van der Waals surface area contributed by atoms with Crippen LogP contribution in [0.2, 0.25) is 0 Å². The van der Waals surface area contributed by atoms with E-state index in [9.17, 15) is 14.0 Å². The van der Waals surface area contributed by atoms with Crippen LogP contribution in [0.25, 0.3) is 5.52 Å². The van der Waals surface area contributed by atoms with Gasteiger partial charge in [-0.3, -0.25) is 9.59 Å². The number of aromatic nitrogens is 3. The smallest absolute Gasteiger partial charge is 0.250 e. The summed E-state index contributed by atoms with van der Waals surface area (Å²) in [5.41, 5.74) is 7.48. The minimum absolute atomic E-state index is 0.162. The van der Waals surface area contributed by atoms with E-state index in [1.54, 1.807) is 26.3 Å². The first-order valence-electron chi connectivity index (χ1n) is 14.2. The Morgan fingerprint density at radius 2 is 1.86 bits per heavy atom. The minimum atomic E-state index is -0.563. The van der Waals surface area contributed by atoms with Gasteiger partial charge in [0, 0.05) is 49.9 Å². The SMILES string of the molecule is CC(C)C(=O)N1CCSCC1.COC1CO[C@@H]2C(Oc3cc(F)ccc3Nc3ncnn4cc(C(N)=O)c(C)c34)CO[C@H]12. The van der Waals surface area contributed by atoms with Crippen molar-refractivity contribution in [3.05, 3.63) is 47.7 Å². The summed E-state index contributed by atoms with van der Waals surface area (Å²) in [6.07, 6.45) is 1.76. The second kappa shape index (κ2) is 13.5. The second-order valence-corrected chi connectivity index (χ2v) is 12.0. The normalized spacial score (nSPS) is 23.2. The average molecular weight is 617 g/mol. The van der Waals surface area contributed by atoms with Crippen LogP contribution in [0.5, 0.6) is 5.75 Å². The molecule has 2 aromatic heterocycles. The highest BCUT2D eigenvalue weighted by Crippen LogP contribution is 2.36. The number of nitrogens with one attached hydrogen (secondary N) is 1. The molecule has 0 radical (unpaired) electrons. The lowest BCUT2D eigenvalue weighted by Crippen LogP contribution is -2.40. The van der Waals surface area contributed by atoms with Crippen LogP contribution in [0.15, 0.2) is 30.7 Å². The topological polar surface area (TPSA) is 143 Å². The molecule has 3 aliphatic rings. The van der Waals surface area contributed by atoms with Crippen molar-refractivity contribution in [1.29, 1.82) is 0 Å². The number of fused-ring (bicyclic) bond motifs is 2. The molecule has 1 aromatic carbocycles. The van der Waals surface area contributed by atoms with Crippen molar-refractivity contribution in [1.82, 2.24) is 19.5 Å². The zero-order chi connectivity index (χ0) is 30.7. The third kappa shape index (κ3) is 6.71. The van der Waals surface area contributed by atoms with Gasteiger partial charge in [-0.2, -0.15) is 16.9 Å². The number of carbonyl (C=O) groups is 2. The molecule has 12 nitrogen and oxygen atoms in total. The maximum absolute atomic E-state index is 14.1. The Kier molecular flexibility index (Phi) is 9.69. The largest absolute Gasteiger partial charge is 0.483 e. The van der Waals surface area contributed by atoms with E-state index in [2.05, 4.69) is 15.4 Å². The Labute approximate surface area is 253 Å². The van der Waals surface area contributed by atoms with Crippen molar-refractivity contribution in [2.24, 2.45) is 11.7 Å². The molecule has 3 fully saturated rings. The number of carbonyl (C=O) groups excluding carboxylic acids is 2. The summed E-state index contributed by atoms with van der Waals surface area (Å²) in [6.45, 7) is 8.28. The molecule has 0 spiro atoms. The number of nitrogens with zero attached hydrogens (tertiary/aromatic N) is 4. The summed E-state index contributed by atoms with van der Waals surface area (Å²) in [7, 11) is 1.61. The molecule has 4 atom stereocenters. The molecular weight excluding hydrogens is 579 g/mol. The number of hydrogen-bond acceptors (Lipinski definition) is 10. The first kappa shape index (κ1) is 31.0. The van der Waals surface area contributed by atoms with Crippen molar-refractivity contribution < 1.29 is 32.9 Å². The maximum Gasteiger partial charge on any atom is 0.250 e. The highest BCUT2D eigenvalue weighted by Gasteiger charge is 2.49. The fourth-order valence-electron chi connectivity index (χ4n) is 5.37. The van der Waals surface area contributed by atoms with Crippen LogP contribution in [-0.4, -0.2) is 101 Å². The number of halogens is 1. The molecule has 3 N–H and O–H groups in total. The molecule has 0 bridgehead atoms. The van der Waals surface area contributed by atoms with E-state index >= 15 is 0 Å². The Bertz CT molecular complexity index is 1460. The molecule has 3 aromatic rings. The summed E-state index contributed by atoms with van der Waals surface area (Å²) < 4.78 is 38.7. The van der Waals surface area contributed by atoms with Crippen LogP contribution in [0.3, 0.4) is 0 Å². The van der Waals surface area contributed by atoms with Gasteiger partial charge in [0.25, 0.3) is 5.91 Å². The third-order valence-corrected chi connectivity index (χ3v) is 8.59. The van der Waals surface area contributed by atoms with Crippen molar-refractivity contribution in [2.45, 2.75) is 45.2 Å². The van der Waals surface area contributed by atoms with E-state index in [-0.39, 0.29) is 30.0 Å². The molecule has 14 heteroatoms. The summed E-state index contributed by atoms with van der Waals surface area (Å²) in [4.78, 5) is 29.4. The van der Waals surface area contributed by atoms with Crippen LogP contribution >= 0.6 is 11.8 Å². The fourth-order valence-corrected chi connectivity index (χ4v) is 6.27. The van der Waals surface area contributed by atoms with Gasteiger partial charge in [0.2, 0.25) is 5.91 Å². The Balaban J connectivity index is 0.000000283. The van der Waals surface area contributed by atoms with Gasteiger partial charge in [0.1, 0.15) is 41.7 Å². The standard InChI is InChI=1S/C21H22FN5O5.C8H15NOS/c1-10-12(20(23)28)6-27-17(10)21(24-9-25-27)26-13-4-3-11(22)5-14(13)32-16-8-31-18-15(29-2)7-30-19(16)18;1-7(2)8(10)9-3-5-11-6-4-9/h3-6,9,15-16,18-19H,7-8H2,1-2H3,(H2,23,28)(H,24,25,26);7H,3-6H2,1-2H3/t15?,16?,18-,19-;/m1./s1. The predicted molar refractivity (Wildman–Crippen MR) is 159 cm³/mol. The quantitative estimate of drug-likeness (QED) is 0.407. The summed E-state index contributed by atoms with van der Waals surface area (Å²) in [6, 6.07) is 4.16. The number of rotatable bonds is 7. The van der Waals surface area contributed by atoms with E-state index in [1.165, 1.54) is 23.0 Å². The van der Waals surface area contributed by atoms with Crippen LogP contribution in [0.1, 0.15) is 29.8 Å². The van der Waals surface area contributed by atoms with Crippen molar-refractivity contribution in [2.75, 3.05) is 50.2 Å². The predicted octanol–water partition coefficient (Wildman–Crippen LogP) is 2.80. The molecule has 5 heterocycles. The van der Waals surface area contributed by atoms with Gasteiger partial charge in [-0.15, -0.1) is 0 Å². The lowest BCUT2D eigenvalue weighted by Gasteiger charge is -2.27. The van der Waals surface area contributed by atoms with Gasteiger partial charge in [-0.05, 0) is 24.6 Å². The molecular formula is C29H37FN6O6S. The van der Waals surface area contributed by atoms with Crippen LogP contribution in [0.4, 0.5) is 15.9 Å². The molecule has 43 heavy (non-hydrogen) atoms. The minimum Gasteiger partial charge on any atom is -0.483 e. The van der Waals surface area contributed by atoms with Crippen molar-refractivity contribution in [3.63, 3.8) is 0 Å². The number of anilines is 2. The zero-order valence-corrected chi connectivity index (χ0v) is 25.4. The summed E-state index contributed by atoms with van der Waals surface area (Å²) in [5.74, 6) is 2.37. The molecule has 2 amide bonds. The number of aryl methyl sites for hydroxylation is 1. The van der Waals surface area contributed by atoms with Gasteiger partial charge in [-0.25, -0.2) is 13.9 Å². The zero-order valence-electron chi connectivity index (χ0n) is 24.6. The van der Waals surface area contributed by atoms with Gasteiger partial charge in [0.15, 0.2) is 11.9 Å². The number of methoxy groups -OCH3 is 1. The average Bonchev–Trinajstić information content (AvgIpc) is 3.69. The van der Waals surface area contributed by atoms with E-state index in [0.717, 1.165) is 24.6 Å². The molecule has 3 aliphatic heterocycles. The molecule has 6 rings (SSSR count). The van der Waals surface area contributed by atoms with E-state index in [4.69, 9.17) is 24.7 Å². The van der Waals surface area contributed by atoms with E-state index < -0.39 is 17.8 Å². The number of benzene rings is 1. The van der Waals surface area contributed by atoms with Crippen molar-refractivity contribution in [3.8, 4) is 5.75 Å². The lowest BCUT2D eigenvalue weighted by molar-refractivity contribution is -0.134. The second-order valence-electron chi connectivity index (χ2n) is 10.8. The highest BCUT2D eigenvalue weighted by molar-refractivity contribution is 7.99. The molecule has 0 aliphatic carbocycles. The first-order chi connectivity index (χ1) is 20.7. The molecule has 232 valence electrons. The van der Waals surface area contributed by atoms with Gasteiger partial charge < -0.3 is 34.9 Å². The highest BCUT2D eigenvalue weighted by atomic mass is 32.2. The number of thioether (sulfide) groups is 1. The number of primary amides is 1. The molecule has 2 unspecified atom stereocenters. The Hall–Kier alpha value is -3.46. The van der Waals surface area contributed by atoms with E-state index in [1.807, 2.05) is 30.5 Å². The van der Waals surface area contributed by atoms with Gasteiger partial charge in [0.05, 0.1) is 24.5 Å². The van der Waals surface area contributed by atoms with Gasteiger partial charge >= 0.3 is 0 Å². The van der Waals surface area contributed by atoms with Crippen LogP contribution in [-0.2, 0) is 19.0 Å².